The maximum atomic E-state index is 13.6. The fraction of sp³-hybridized carbons (Fsp3) is 0.423. The van der Waals surface area contributed by atoms with Crippen LogP contribution in [0.25, 0.3) is 16.6 Å². The first kappa shape index (κ1) is 24.9. The number of methoxy groups -OCH3 is 1. The molecule has 6 nitrogen and oxygen atoms in total. The Labute approximate surface area is 200 Å². The normalized spacial score (nSPS) is 12.1. The Hall–Kier alpha value is -2.70. The van der Waals surface area contributed by atoms with E-state index < -0.39 is 6.04 Å². The van der Waals surface area contributed by atoms with E-state index in [-0.39, 0.29) is 11.5 Å². The van der Waals surface area contributed by atoms with E-state index in [0.29, 0.717) is 53.4 Å². The molecular formula is C26H32ClN3O3. The van der Waals surface area contributed by atoms with Gasteiger partial charge in [-0.15, -0.1) is 0 Å². The van der Waals surface area contributed by atoms with E-state index in [4.69, 9.17) is 21.3 Å². The zero-order valence-corrected chi connectivity index (χ0v) is 20.3. The van der Waals surface area contributed by atoms with Crippen molar-refractivity contribution in [1.29, 1.82) is 0 Å². The second kappa shape index (κ2) is 12.0. The molecule has 3 aromatic rings. The predicted molar refractivity (Wildman–Crippen MR) is 133 cm³/mol. The first-order valence-electron chi connectivity index (χ1n) is 11.5. The van der Waals surface area contributed by atoms with Gasteiger partial charge in [0.05, 0.1) is 22.6 Å². The minimum Gasteiger partial charge on any atom is -0.385 e. The number of hydrogen-bond acceptors (Lipinski definition) is 4. The SMILES string of the molecule is CCCCCC(=O)N(CCCOC)C(C)c1nc2ccccc2c(=O)n1-c1ccc(Cl)cc1. The summed E-state index contributed by atoms with van der Waals surface area (Å²) >= 11 is 6.09. The zero-order chi connectivity index (χ0) is 23.8. The highest BCUT2D eigenvalue weighted by Crippen LogP contribution is 2.25. The number of ether oxygens (including phenoxy) is 1. The zero-order valence-electron chi connectivity index (χ0n) is 19.6. The first-order valence-corrected chi connectivity index (χ1v) is 11.9. The highest BCUT2D eigenvalue weighted by atomic mass is 35.5. The average molecular weight is 470 g/mol. The summed E-state index contributed by atoms with van der Waals surface area (Å²) < 4.78 is 6.82. The van der Waals surface area contributed by atoms with Gasteiger partial charge in [-0.1, -0.05) is 43.5 Å². The lowest BCUT2D eigenvalue weighted by molar-refractivity contribution is -0.134. The summed E-state index contributed by atoms with van der Waals surface area (Å²) in [6.07, 6.45) is 4.09. The second-order valence-corrected chi connectivity index (χ2v) is 8.61. The van der Waals surface area contributed by atoms with Gasteiger partial charge in [0.1, 0.15) is 5.82 Å². The molecule has 7 heteroatoms. The van der Waals surface area contributed by atoms with Crippen LogP contribution in [0.15, 0.2) is 53.3 Å². The largest absolute Gasteiger partial charge is 0.385 e. The fourth-order valence-electron chi connectivity index (χ4n) is 3.99. The molecule has 0 saturated heterocycles. The van der Waals surface area contributed by atoms with Crippen molar-refractivity contribution in [3.8, 4) is 5.69 Å². The number of benzene rings is 2. The van der Waals surface area contributed by atoms with Crippen molar-refractivity contribution in [2.75, 3.05) is 20.3 Å². The van der Waals surface area contributed by atoms with Gasteiger partial charge >= 0.3 is 0 Å². The van der Waals surface area contributed by atoms with E-state index in [1.54, 1.807) is 42.0 Å². The molecule has 1 aromatic heterocycles. The quantitative estimate of drug-likeness (QED) is 0.345. The molecule has 0 aliphatic carbocycles. The number of hydrogen-bond donors (Lipinski definition) is 0. The molecule has 3 rings (SSSR count). The number of aromatic nitrogens is 2. The third kappa shape index (κ3) is 6.01. The van der Waals surface area contributed by atoms with Crippen molar-refractivity contribution in [2.24, 2.45) is 0 Å². The summed E-state index contributed by atoms with van der Waals surface area (Å²) in [4.78, 5) is 33.5. The summed E-state index contributed by atoms with van der Waals surface area (Å²) in [6.45, 7) is 5.14. The van der Waals surface area contributed by atoms with Gasteiger partial charge in [-0.3, -0.25) is 14.2 Å². The molecule has 1 unspecified atom stereocenters. The van der Waals surface area contributed by atoms with E-state index in [9.17, 15) is 9.59 Å². The molecule has 0 bridgehead atoms. The van der Waals surface area contributed by atoms with Crippen LogP contribution in [0.5, 0.6) is 0 Å². The summed E-state index contributed by atoms with van der Waals surface area (Å²) in [5.74, 6) is 0.597. The van der Waals surface area contributed by atoms with Crippen molar-refractivity contribution in [3.05, 3.63) is 69.7 Å². The molecule has 2 aromatic carbocycles. The predicted octanol–water partition coefficient (Wildman–Crippen LogP) is 5.55. The Bertz CT molecular complexity index is 1130. The highest BCUT2D eigenvalue weighted by Gasteiger charge is 2.26. The lowest BCUT2D eigenvalue weighted by atomic mass is 10.1. The summed E-state index contributed by atoms with van der Waals surface area (Å²) in [6, 6.07) is 14.0. The van der Waals surface area contributed by atoms with Gasteiger partial charge in [0.15, 0.2) is 0 Å². The maximum absolute atomic E-state index is 13.6. The highest BCUT2D eigenvalue weighted by molar-refractivity contribution is 6.30. The fourth-order valence-corrected chi connectivity index (χ4v) is 4.12. The summed E-state index contributed by atoms with van der Waals surface area (Å²) in [5.41, 5.74) is 1.12. The molecule has 0 radical (unpaired) electrons. The number of nitrogens with zero attached hydrogens (tertiary/aromatic N) is 3. The number of rotatable bonds is 11. The Morgan fingerprint density at radius 2 is 1.85 bits per heavy atom. The van der Waals surface area contributed by atoms with Crippen molar-refractivity contribution >= 4 is 28.4 Å². The van der Waals surface area contributed by atoms with Crippen molar-refractivity contribution < 1.29 is 9.53 Å². The van der Waals surface area contributed by atoms with Gasteiger partial charge in [-0.2, -0.15) is 0 Å². The molecule has 0 aliphatic heterocycles. The van der Waals surface area contributed by atoms with Crippen molar-refractivity contribution in [3.63, 3.8) is 0 Å². The van der Waals surface area contributed by atoms with Crippen molar-refractivity contribution in [2.45, 2.75) is 52.0 Å². The van der Waals surface area contributed by atoms with Gasteiger partial charge in [0.25, 0.3) is 5.56 Å². The molecule has 1 heterocycles. The van der Waals surface area contributed by atoms with Gasteiger partial charge in [-0.25, -0.2) is 4.98 Å². The molecule has 1 amide bonds. The van der Waals surface area contributed by atoms with Crippen LogP contribution in [-0.2, 0) is 9.53 Å². The number of fused-ring (bicyclic) bond motifs is 1. The topological polar surface area (TPSA) is 64.4 Å². The van der Waals surface area contributed by atoms with Crippen molar-refractivity contribution in [1.82, 2.24) is 14.5 Å². The van der Waals surface area contributed by atoms with Crippen LogP contribution in [0.2, 0.25) is 5.02 Å². The number of halogens is 1. The van der Waals surface area contributed by atoms with Gasteiger partial charge in [0.2, 0.25) is 5.91 Å². The third-order valence-electron chi connectivity index (χ3n) is 5.79. The van der Waals surface area contributed by atoms with Crippen LogP contribution in [-0.4, -0.2) is 40.6 Å². The van der Waals surface area contributed by atoms with Crippen LogP contribution >= 0.6 is 11.6 Å². The lowest BCUT2D eigenvalue weighted by Crippen LogP contribution is -2.38. The van der Waals surface area contributed by atoms with Gasteiger partial charge in [-0.05, 0) is 56.2 Å². The number of carbonyl (C=O) groups excluding carboxylic acids is 1. The van der Waals surface area contributed by atoms with E-state index >= 15 is 0 Å². The van der Waals surface area contributed by atoms with Crippen LogP contribution in [0, 0.1) is 0 Å². The molecular weight excluding hydrogens is 438 g/mol. The summed E-state index contributed by atoms with van der Waals surface area (Å²) in [7, 11) is 1.65. The molecule has 0 fully saturated rings. The minimum atomic E-state index is -0.399. The first-order chi connectivity index (χ1) is 16.0. The monoisotopic (exact) mass is 469 g/mol. The summed E-state index contributed by atoms with van der Waals surface area (Å²) in [5, 5.41) is 1.12. The smallest absolute Gasteiger partial charge is 0.266 e. The van der Waals surface area contributed by atoms with Gasteiger partial charge in [0, 0.05) is 31.7 Å². The molecule has 33 heavy (non-hydrogen) atoms. The van der Waals surface area contributed by atoms with Crippen LogP contribution in [0.1, 0.15) is 57.8 Å². The maximum Gasteiger partial charge on any atom is 0.266 e. The number of para-hydroxylation sites is 1. The Morgan fingerprint density at radius 3 is 2.55 bits per heavy atom. The second-order valence-electron chi connectivity index (χ2n) is 8.17. The van der Waals surface area contributed by atoms with E-state index in [1.807, 2.05) is 30.0 Å². The molecule has 0 aliphatic rings. The minimum absolute atomic E-state index is 0.0668. The van der Waals surface area contributed by atoms with Gasteiger partial charge < -0.3 is 9.64 Å². The molecule has 176 valence electrons. The molecule has 1 atom stereocenters. The lowest BCUT2D eigenvalue weighted by Gasteiger charge is -2.31. The number of unbranched alkanes of at least 4 members (excludes halogenated alkanes) is 2. The number of amides is 1. The van der Waals surface area contributed by atoms with E-state index in [2.05, 4.69) is 6.92 Å². The number of carbonyl (C=O) groups is 1. The van der Waals surface area contributed by atoms with Crippen LogP contribution in [0.4, 0.5) is 0 Å². The van der Waals surface area contributed by atoms with E-state index in [0.717, 1.165) is 19.3 Å². The third-order valence-corrected chi connectivity index (χ3v) is 6.04. The van der Waals surface area contributed by atoms with E-state index in [1.165, 1.54) is 0 Å². The van der Waals surface area contributed by atoms with Crippen LogP contribution < -0.4 is 5.56 Å². The average Bonchev–Trinajstić information content (AvgIpc) is 2.82. The molecule has 0 spiro atoms. The molecule has 0 saturated carbocycles. The van der Waals surface area contributed by atoms with Crippen LogP contribution in [0.3, 0.4) is 0 Å². The molecule has 0 N–H and O–H groups in total. The Morgan fingerprint density at radius 1 is 1.12 bits per heavy atom. The Balaban J connectivity index is 2.11. The standard InChI is InChI=1S/C26H32ClN3O3/c1-4-5-6-12-24(31)29(17-9-18-33-3)19(2)25-28-23-11-8-7-10-22(23)26(32)30(25)21-15-13-20(27)14-16-21/h7-8,10-11,13-16,19H,4-6,9,12,17-18H2,1-3H3. The Kier molecular flexibility index (Phi) is 9.03.